The number of nitrogens with zero attached hydrogens (tertiary/aromatic N) is 4. The van der Waals surface area contributed by atoms with E-state index in [1.807, 2.05) is 42.0 Å². The Labute approximate surface area is 175 Å². The third-order valence-corrected chi connectivity index (χ3v) is 5.99. The van der Waals surface area contributed by atoms with Crippen LogP contribution in [0.1, 0.15) is 9.67 Å². The Kier molecular flexibility index (Phi) is 4.22. The van der Waals surface area contributed by atoms with Gasteiger partial charge in [-0.05, 0) is 48.5 Å². The Morgan fingerprint density at radius 3 is 2.53 bits per heavy atom. The Hall–Kier alpha value is -3.78. The zero-order valence-electron chi connectivity index (χ0n) is 15.9. The highest BCUT2D eigenvalue weighted by atomic mass is 32.1. The molecule has 0 fully saturated rings. The van der Waals surface area contributed by atoms with E-state index in [9.17, 15) is 9.18 Å². The number of hydrogen-bond donors (Lipinski definition) is 1. The number of thiophene rings is 1. The smallest absolute Gasteiger partial charge is 0.258 e. The summed E-state index contributed by atoms with van der Waals surface area (Å²) in [7, 11) is 1.86. The van der Waals surface area contributed by atoms with E-state index in [4.69, 9.17) is 5.73 Å². The number of halogens is 1. The number of imidazole rings is 1. The highest BCUT2D eigenvalue weighted by molar-refractivity contribution is 7.17. The maximum Gasteiger partial charge on any atom is 0.258 e. The van der Waals surface area contributed by atoms with Crippen LogP contribution in [0.15, 0.2) is 67.1 Å². The van der Waals surface area contributed by atoms with Gasteiger partial charge in [-0.2, -0.15) is 5.10 Å². The zero-order chi connectivity index (χ0) is 20.8. The molecule has 6 nitrogen and oxygen atoms in total. The van der Waals surface area contributed by atoms with Gasteiger partial charge in [-0.1, -0.05) is 0 Å². The lowest BCUT2D eigenvalue weighted by Gasteiger charge is -2.06. The third kappa shape index (κ3) is 3.07. The molecule has 5 rings (SSSR count). The summed E-state index contributed by atoms with van der Waals surface area (Å²) < 4.78 is 17.1. The molecular formula is C22H16FN5OS. The molecule has 5 aromatic rings. The number of carbonyl (C=O) groups is 1. The molecule has 30 heavy (non-hydrogen) atoms. The van der Waals surface area contributed by atoms with Crippen molar-refractivity contribution in [2.75, 3.05) is 0 Å². The highest BCUT2D eigenvalue weighted by Crippen LogP contribution is 2.33. The Morgan fingerprint density at radius 2 is 1.80 bits per heavy atom. The zero-order valence-corrected chi connectivity index (χ0v) is 16.7. The minimum Gasteiger partial charge on any atom is -0.365 e. The van der Waals surface area contributed by atoms with Crippen molar-refractivity contribution >= 4 is 22.9 Å². The van der Waals surface area contributed by atoms with Crippen LogP contribution in [-0.4, -0.2) is 25.1 Å². The molecule has 0 saturated carbocycles. The number of carbonyl (C=O) groups excluding carboxylic acids is 1. The normalized spacial score (nSPS) is 11.3. The number of benzene rings is 1. The molecule has 0 aliphatic heterocycles. The predicted octanol–water partition coefficient (Wildman–Crippen LogP) is 4.37. The summed E-state index contributed by atoms with van der Waals surface area (Å²) >= 11 is 1.33. The highest BCUT2D eigenvalue weighted by Gasteiger charge is 2.15. The van der Waals surface area contributed by atoms with Gasteiger partial charge in [0.25, 0.3) is 5.91 Å². The molecule has 0 aliphatic carbocycles. The van der Waals surface area contributed by atoms with Crippen LogP contribution in [0.5, 0.6) is 0 Å². The number of aromatic nitrogens is 4. The van der Waals surface area contributed by atoms with E-state index in [1.165, 1.54) is 23.5 Å². The fraction of sp³-hybridized carbons (Fsp3) is 0.0455. The van der Waals surface area contributed by atoms with Crippen molar-refractivity contribution in [2.45, 2.75) is 0 Å². The van der Waals surface area contributed by atoms with Crippen molar-refractivity contribution in [1.82, 2.24) is 19.2 Å². The van der Waals surface area contributed by atoms with Gasteiger partial charge in [0.1, 0.15) is 17.2 Å². The molecule has 4 aromatic heterocycles. The molecule has 2 N–H and O–H groups in total. The van der Waals surface area contributed by atoms with Crippen LogP contribution in [0.25, 0.3) is 38.6 Å². The molecule has 0 aliphatic rings. The van der Waals surface area contributed by atoms with Crippen LogP contribution in [0, 0.1) is 5.82 Å². The molecule has 0 spiro atoms. The minimum atomic E-state index is -0.444. The fourth-order valence-electron chi connectivity index (χ4n) is 3.45. The first kappa shape index (κ1) is 18.3. The summed E-state index contributed by atoms with van der Waals surface area (Å²) in [5, 5.41) is 4.58. The summed E-state index contributed by atoms with van der Waals surface area (Å²) in [6, 6.07) is 13.8. The molecule has 0 unspecified atom stereocenters. The van der Waals surface area contributed by atoms with E-state index in [-0.39, 0.29) is 5.82 Å². The van der Waals surface area contributed by atoms with Gasteiger partial charge in [0.15, 0.2) is 0 Å². The molecule has 148 valence electrons. The fourth-order valence-corrected chi connectivity index (χ4v) is 4.32. The number of nitrogens with two attached hydrogens (primary N) is 1. The number of pyridine rings is 1. The Balaban J connectivity index is 1.64. The number of primary amides is 1. The Morgan fingerprint density at radius 1 is 1.03 bits per heavy atom. The quantitative estimate of drug-likeness (QED) is 0.472. The van der Waals surface area contributed by atoms with E-state index in [1.54, 1.807) is 29.1 Å². The maximum atomic E-state index is 13.4. The molecule has 1 amide bonds. The lowest BCUT2D eigenvalue weighted by molar-refractivity contribution is 0.100. The molecule has 0 saturated heterocycles. The maximum absolute atomic E-state index is 13.4. The number of rotatable bonds is 4. The van der Waals surface area contributed by atoms with Crippen molar-refractivity contribution in [1.29, 1.82) is 0 Å². The van der Waals surface area contributed by atoms with E-state index < -0.39 is 5.91 Å². The van der Waals surface area contributed by atoms with Crippen LogP contribution in [0.2, 0.25) is 0 Å². The van der Waals surface area contributed by atoms with Gasteiger partial charge in [-0.25, -0.2) is 9.37 Å². The van der Waals surface area contributed by atoms with Crippen LogP contribution in [0.4, 0.5) is 4.39 Å². The van der Waals surface area contributed by atoms with Crippen LogP contribution in [0.3, 0.4) is 0 Å². The molecule has 4 heterocycles. The number of hydrogen-bond acceptors (Lipinski definition) is 4. The summed E-state index contributed by atoms with van der Waals surface area (Å²) in [5.74, 6) is -0.730. The number of amides is 1. The van der Waals surface area contributed by atoms with Crippen LogP contribution in [-0.2, 0) is 7.05 Å². The topological polar surface area (TPSA) is 78.2 Å². The van der Waals surface area contributed by atoms with Crippen molar-refractivity contribution in [3.05, 3.63) is 77.8 Å². The first-order valence-electron chi connectivity index (χ1n) is 9.17. The SMILES string of the molecule is Cn1cc(-c2ccc3ncc(-c4ccc(C(N)=O)s4)n3c2)c(-c2ccc(F)cc2)n1. The molecule has 1 aromatic carbocycles. The minimum absolute atomic E-state index is 0.285. The lowest BCUT2D eigenvalue weighted by Crippen LogP contribution is -2.07. The molecule has 0 radical (unpaired) electrons. The van der Waals surface area contributed by atoms with E-state index in [0.29, 0.717) is 4.88 Å². The molecule has 8 heteroatoms. The Bertz CT molecular complexity index is 1400. The summed E-state index contributed by atoms with van der Waals surface area (Å²) in [6.45, 7) is 0. The third-order valence-electron chi connectivity index (χ3n) is 4.86. The second-order valence-corrected chi connectivity index (χ2v) is 7.97. The molecular weight excluding hydrogens is 401 g/mol. The van der Waals surface area contributed by atoms with Gasteiger partial charge in [-0.15, -0.1) is 11.3 Å². The number of aryl methyl sites for hydroxylation is 1. The second-order valence-electron chi connectivity index (χ2n) is 6.89. The van der Waals surface area contributed by atoms with Crippen molar-refractivity contribution < 1.29 is 9.18 Å². The molecule has 0 bridgehead atoms. The standard InChI is InChI=1S/C22H16FN5OS/c1-27-12-16(21(26-27)13-2-5-15(23)6-3-13)14-4-9-20-25-10-17(28(20)11-14)18-7-8-19(30-18)22(24)29/h2-12H,1H3,(H2,24,29). The van der Waals surface area contributed by atoms with E-state index in [2.05, 4.69) is 10.1 Å². The van der Waals surface area contributed by atoms with Crippen LogP contribution < -0.4 is 5.73 Å². The van der Waals surface area contributed by atoms with Crippen LogP contribution >= 0.6 is 11.3 Å². The first-order valence-corrected chi connectivity index (χ1v) is 9.98. The predicted molar refractivity (Wildman–Crippen MR) is 115 cm³/mol. The van der Waals surface area contributed by atoms with Gasteiger partial charge in [0, 0.05) is 36.1 Å². The monoisotopic (exact) mass is 417 g/mol. The largest absolute Gasteiger partial charge is 0.365 e. The van der Waals surface area contributed by atoms with Gasteiger partial charge in [-0.3, -0.25) is 13.9 Å². The average molecular weight is 417 g/mol. The summed E-state index contributed by atoms with van der Waals surface area (Å²) in [4.78, 5) is 17.3. The summed E-state index contributed by atoms with van der Waals surface area (Å²) in [5.41, 5.74) is 10.5. The van der Waals surface area contributed by atoms with Crippen molar-refractivity contribution in [2.24, 2.45) is 12.8 Å². The first-order chi connectivity index (χ1) is 14.5. The van der Waals surface area contributed by atoms with E-state index >= 15 is 0 Å². The van der Waals surface area contributed by atoms with Crippen molar-refractivity contribution in [3.8, 4) is 33.0 Å². The average Bonchev–Trinajstić information content (AvgIpc) is 3.45. The molecule has 0 atom stereocenters. The van der Waals surface area contributed by atoms with Gasteiger partial charge in [0.05, 0.1) is 21.6 Å². The summed E-state index contributed by atoms with van der Waals surface area (Å²) in [6.07, 6.45) is 5.71. The van der Waals surface area contributed by atoms with E-state index in [0.717, 1.165) is 38.6 Å². The number of fused-ring (bicyclic) bond motifs is 1. The lowest BCUT2D eigenvalue weighted by atomic mass is 10.0. The second kappa shape index (κ2) is 6.93. The van der Waals surface area contributed by atoms with Crippen molar-refractivity contribution in [3.63, 3.8) is 0 Å². The van der Waals surface area contributed by atoms with Gasteiger partial charge < -0.3 is 5.73 Å². The van der Waals surface area contributed by atoms with Gasteiger partial charge >= 0.3 is 0 Å². The van der Waals surface area contributed by atoms with Gasteiger partial charge in [0.2, 0.25) is 0 Å².